The van der Waals surface area contributed by atoms with E-state index in [9.17, 15) is 0 Å². The molecule has 0 radical (unpaired) electrons. The Bertz CT molecular complexity index is 2360. The van der Waals surface area contributed by atoms with Crippen molar-refractivity contribution < 1.29 is 8.83 Å². The minimum Gasteiger partial charge on any atom is -0.435 e. The quantitative estimate of drug-likeness (QED) is 0.190. The highest BCUT2D eigenvalue weighted by molar-refractivity contribution is 7.30. The molecule has 0 spiro atoms. The maximum Gasteiger partial charge on any atom is 0.237 e. The van der Waals surface area contributed by atoms with Gasteiger partial charge in [0.2, 0.25) is 11.8 Å². The van der Waals surface area contributed by atoms with Crippen LogP contribution in [-0.2, 0) is 0 Å². The highest BCUT2D eigenvalue weighted by Crippen LogP contribution is 2.42. The molecule has 0 saturated heterocycles. The monoisotopic (exact) mass is 640 g/mol. The van der Waals surface area contributed by atoms with Crippen molar-refractivity contribution in [2.75, 3.05) is 0 Å². The maximum absolute atomic E-state index is 6.26. The highest BCUT2D eigenvalue weighted by Gasteiger charge is 2.18. The summed E-state index contributed by atoms with van der Waals surface area (Å²) in [5, 5.41) is 4.09. The summed E-state index contributed by atoms with van der Waals surface area (Å²) >= 11 is 6.59. The fourth-order valence-electron chi connectivity index (χ4n) is 5.39. The molecule has 0 fully saturated rings. The van der Waals surface area contributed by atoms with E-state index in [0.717, 1.165) is 82.9 Å². The molecule has 0 saturated carbocycles. The predicted octanol–water partition coefficient (Wildman–Crippen LogP) is 11.1. The number of nitrogens with zero attached hydrogens (tertiary/aromatic N) is 4. The lowest BCUT2D eigenvalue weighted by Crippen LogP contribution is -1.76. The molecule has 6 heterocycles. The third kappa shape index (κ3) is 3.96. The van der Waals surface area contributed by atoms with E-state index in [-0.39, 0.29) is 0 Å². The first-order valence-electron chi connectivity index (χ1n) is 13.8. The van der Waals surface area contributed by atoms with Crippen LogP contribution in [0.3, 0.4) is 0 Å². The zero-order chi connectivity index (χ0) is 28.8. The zero-order valence-corrected chi connectivity index (χ0v) is 25.7. The Labute approximate surface area is 264 Å². The SMILES string of the molecule is c1ccc(-c2nc3sc(-c4nc5cc6cc7oc(-c8cc9sc(-c%10ccccc%10)nc9s8)nc7cc6cc5o4)cc3s2)cc1. The average molecular weight is 641 g/mol. The van der Waals surface area contributed by atoms with Crippen LogP contribution in [-0.4, -0.2) is 19.9 Å². The van der Waals surface area contributed by atoms with E-state index in [1.54, 1.807) is 45.3 Å². The van der Waals surface area contributed by atoms with Crippen LogP contribution >= 0.6 is 45.3 Å². The number of hydrogen-bond donors (Lipinski definition) is 0. The number of fused-ring (bicyclic) bond motifs is 5. The van der Waals surface area contributed by atoms with Crippen LogP contribution in [0.25, 0.3) is 94.7 Å². The Morgan fingerprint density at radius 3 is 1.34 bits per heavy atom. The normalized spacial score (nSPS) is 12.1. The molecule has 0 aliphatic rings. The molecule has 0 N–H and O–H groups in total. The number of hydrogen-bond acceptors (Lipinski definition) is 10. The van der Waals surface area contributed by atoms with Gasteiger partial charge in [-0.1, -0.05) is 60.7 Å². The summed E-state index contributed by atoms with van der Waals surface area (Å²) in [7, 11) is 0. The molecule has 0 aliphatic carbocycles. The summed E-state index contributed by atoms with van der Waals surface area (Å²) in [6.07, 6.45) is 0. The number of rotatable bonds is 4. The van der Waals surface area contributed by atoms with E-state index >= 15 is 0 Å². The largest absolute Gasteiger partial charge is 0.435 e. The van der Waals surface area contributed by atoms with E-state index in [2.05, 4.69) is 48.5 Å². The molecule has 0 atom stereocenters. The van der Waals surface area contributed by atoms with Gasteiger partial charge in [-0.3, -0.25) is 0 Å². The smallest absolute Gasteiger partial charge is 0.237 e. The average Bonchev–Trinajstić information content (AvgIpc) is 3.88. The Kier molecular flexibility index (Phi) is 5.26. The lowest BCUT2D eigenvalue weighted by molar-refractivity contribution is 0.621. The Morgan fingerprint density at radius 1 is 0.455 bits per heavy atom. The Hall–Kier alpha value is -4.74. The molecule has 10 aromatic rings. The van der Waals surface area contributed by atoms with E-state index in [1.165, 1.54) is 0 Å². The summed E-state index contributed by atoms with van der Waals surface area (Å²) in [6.45, 7) is 0. The molecule has 208 valence electrons. The molecule has 0 amide bonds. The minimum atomic E-state index is 0.609. The van der Waals surface area contributed by atoms with Crippen LogP contribution < -0.4 is 0 Å². The molecule has 44 heavy (non-hydrogen) atoms. The van der Waals surface area contributed by atoms with Gasteiger partial charge in [-0.15, -0.1) is 45.3 Å². The summed E-state index contributed by atoms with van der Waals surface area (Å²) in [5.74, 6) is 1.22. The summed E-state index contributed by atoms with van der Waals surface area (Å²) in [4.78, 5) is 23.3. The van der Waals surface area contributed by atoms with Gasteiger partial charge < -0.3 is 8.83 Å². The van der Waals surface area contributed by atoms with Crippen LogP contribution in [0.4, 0.5) is 0 Å². The van der Waals surface area contributed by atoms with Crippen molar-refractivity contribution in [2.24, 2.45) is 0 Å². The molecular weight excluding hydrogens is 625 g/mol. The molecule has 4 aromatic carbocycles. The highest BCUT2D eigenvalue weighted by atomic mass is 32.1. The van der Waals surface area contributed by atoms with Gasteiger partial charge in [-0.2, -0.15) is 0 Å². The molecule has 10 heteroatoms. The fourth-order valence-corrected chi connectivity index (χ4v) is 9.69. The van der Waals surface area contributed by atoms with Crippen molar-refractivity contribution in [2.45, 2.75) is 0 Å². The number of thiophene rings is 2. The molecular formula is C34H16N4O2S4. The van der Waals surface area contributed by atoms with Crippen LogP contribution in [0.1, 0.15) is 0 Å². The van der Waals surface area contributed by atoms with Gasteiger partial charge in [0, 0.05) is 11.1 Å². The second-order valence-corrected chi connectivity index (χ2v) is 14.5. The molecule has 0 aliphatic heterocycles. The summed E-state index contributed by atoms with van der Waals surface area (Å²) in [5.41, 5.74) is 5.36. The lowest BCUT2D eigenvalue weighted by Gasteiger charge is -1.96. The van der Waals surface area contributed by atoms with Crippen LogP contribution in [0.5, 0.6) is 0 Å². The Morgan fingerprint density at radius 2 is 0.909 bits per heavy atom. The van der Waals surface area contributed by atoms with E-state index in [0.29, 0.717) is 11.8 Å². The summed E-state index contributed by atoms with van der Waals surface area (Å²) in [6, 6.07) is 33.0. The number of oxazole rings is 2. The first-order valence-corrected chi connectivity index (χ1v) is 17.0. The number of aromatic nitrogens is 4. The molecule has 10 rings (SSSR count). The zero-order valence-electron chi connectivity index (χ0n) is 22.5. The lowest BCUT2D eigenvalue weighted by atomic mass is 10.1. The van der Waals surface area contributed by atoms with Crippen LogP contribution in [0.2, 0.25) is 0 Å². The fraction of sp³-hybridized carbons (Fsp3) is 0. The molecule has 0 bridgehead atoms. The van der Waals surface area contributed by atoms with Crippen molar-refractivity contribution in [3.8, 4) is 42.7 Å². The van der Waals surface area contributed by atoms with Gasteiger partial charge in [0.1, 0.15) is 30.7 Å². The van der Waals surface area contributed by atoms with E-state index in [4.69, 9.17) is 28.8 Å². The van der Waals surface area contributed by atoms with Crippen molar-refractivity contribution >= 4 is 97.4 Å². The molecule has 6 aromatic heterocycles. The first-order chi connectivity index (χ1) is 21.7. The van der Waals surface area contributed by atoms with Crippen molar-refractivity contribution in [1.29, 1.82) is 0 Å². The van der Waals surface area contributed by atoms with E-state index < -0.39 is 0 Å². The molecule has 0 unspecified atom stereocenters. The molecule has 6 nitrogen and oxygen atoms in total. The number of thiazole rings is 2. The first kappa shape index (κ1) is 24.7. The predicted molar refractivity (Wildman–Crippen MR) is 183 cm³/mol. The maximum atomic E-state index is 6.26. The Balaban J connectivity index is 0.982. The number of benzene rings is 4. The van der Waals surface area contributed by atoms with Crippen LogP contribution in [0, 0.1) is 0 Å². The summed E-state index contributed by atoms with van der Waals surface area (Å²) < 4.78 is 14.8. The topological polar surface area (TPSA) is 77.8 Å². The van der Waals surface area contributed by atoms with Crippen molar-refractivity contribution in [1.82, 2.24) is 19.9 Å². The minimum absolute atomic E-state index is 0.609. The third-order valence-corrected chi connectivity index (χ3v) is 11.9. The van der Waals surface area contributed by atoms with Crippen molar-refractivity contribution in [3.63, 3.8) is 0 Å². The second-order valence-electron chi connectivity index (χ2n) is 10.4. The van der Waals surface area contributed by atoms with Gasteiger partial charge in [-0.05, 0) is 47.2 Å². The van der Waals surface area contributed by atoms with Crippen molar-refractivity contribution in [3.05, 3.63) is 97.1 Å². The van der Waals surface area contributed by atoms with Crippen LogP contribution in [0.15, 0.2) is 106 Å². The third-order valence-electron chi connectivity index (χ3n) is 7.49. The van der Waals surface area contributed by atoms with Gasteiger partial charge >= 0.3 is 0 Å². The van der Waals surface area contributed by atoms with Gasteiger partial charge in [0.15, 0.2) is 11.2 Å². The van der Waals surface area contributed by atoms with Gasteiger partial charge in [0.25, 0.3) is 0 Å². The van der Waals surface area contributed by atoms with E-state index in [1.807, 2.05) is 48.5 Å². The van der Waals surface area contributed by atoms with Gasteiger partial charge in [0.05, 0.1) is 19.2 Å². The van der Waals surface area contributed by atoms with Gasteiger partial charge in [-0.25, -0.2) is 19.9 Å². The standard InChI is InChI=1S/C34H16N4O2S4/c1-3-7-17(8-4-1)31-37-33-27(43-31)15-25(41-33)29-35-21-11-19-14-24-22(12-20(19)13-23(21)39-29)36-30(40-24)26-16-28-34(42-26)38-32(44-28)18-9-5-2-6-10-18/h1-16H. The second kappa shape index (κ2) is 9.38.